The third-order valence-electron chi connectivity index (χ3n) is 3.97. The van der Waals surface area contributed by atoms with Gasteiger partial charge < -0.3 is 14.9 Å². The molecule has 1 amide bonds. The SMILES string of the molecule is COc1cccc(COn2cccc(C(=O)Nc3ccc(C)cc3)c2=O)c1. The van der Waals surface area contributed by atoms with Crippen molar-refractivity contribution >= 4 is 11.6 Å². The molecule has 6 nitrogen and oxygen atoms in total. The number of rotatable bonds is 6. The van der Waals surface area contributed by atoms with Crippen LogP contribution in [0.1, 0.15) is 21.5 Å². The summed E-state index contributed by atoms with van der Waals surface area (Å²) in [4.78, 5) is 30.5. The predicted octanol–water partition coefficient (Wildman–Crippen LogP) is 3.05. The average Bonchev–Trinajstić information content (AvgIpc) is 2.69. The average molecular weight is 364 g/mol. The zero-order chi connectivity index (χ0) is 19.2. The van der Waals surface area contributed by atoms with Gasteiger partial charge in [-0.25, -0.2) is 0 Å². The van der Waals surface area contributed by atoms with Gasteiger partial charge in [0.05, 0.1) is 7.11 Å². The summed E-state index contributed by atoms with van der Waals surface area (Å²) in [6, 6.07) is 17.8. The molecule has 0 radical (unpaired) electrons. The molecule has 6 heteroatoms. The molecule has 3 rings (SSSR count). The maximum absolute atomic E-state index is 12.6. The van der Waals surface area contributed by atoms with Crippen LogP contribution in [0.2, 0.25) is 0 Å². The van der Waals surface area contributed by atoms with Crippen molar-refractivity contribution in [3.8, 4) is 5.75 Å². The highest BCUT2D eigenvalue weighted by molar-refractivity contribution is 6.03. The predicted molar refractivity (Wildman–Crippen MR) is 103 cm³/mol. The quantitative estimate of drug-likeness (QED) is 0.730. The van der Waals surface area contributed by atoms with Crippen LogP contribution in [0.15, 0.2) is 71.7 Å². The Kier molecular flexibility index (Phi) is 5.56. The first-order chi connectivity index (χ1) is 13.1. The van der Waals surface area contributed by atoms with Gasteiger partial charge in [0, 0.05) is 11.9 Å². The molecule has 0 spiro atoms. The molecule has 0 aliphatic heterocycles. The van der Waals surface area contributed by atoms with Crippen LogP contribution in [0.4, 0.5) is 5.69 Å². The lowest BCUT2D eigenvalue weighted by molar-refractivity contribution is 0.0862. The van der Waals surface area contributed by atoms with Crippen molar-refractivity contribution in [2.24, 2.45) is 0 Å². The van der Waals surface area contributed by atoms with Crippen LogP contribution >= 0.6 is 0 Å². The normalized spacial score (nSPS) is 10.3. The molecule has 0 aliphatic carbocycles. The second kappa shape index (κ2) is 8.23. The minimum absolute atomic E-state index is 0.00344. The van der Waals surface area contributed by atoms with Crippen molar-refractivity contribution in [2.75, 3.05) is 12.4 Å². The summed E-state index contributed by atoms with van der Waals surface area (Å²) in [7, 11) is 1.58. The lowest BCUT2D eigenvalue weighted by atomic mass is 10.2. The Hall–Kier alpha value is -3.54. The van der Waals surface area contributed by atoms with E-state index in [2.05, 4.69) is 5.32 Å². The Labute approximate surface area is 156 Å². The van der Waals surface area contributed by atoms with Crippen molar-refractivity contribution in [2.45, 2.75) is 13.5 Å². The zero-order valence-corrected chi connectivity index (χ0v) is 15.1. The van der Waals surface area contributed by atoms with Gasteiger partial charge >= 0.3 is 0 Å². The fraction of sp³-hybridized carbons (Fsp3) is 0.143. The molecule has 0 bridgehead atoms. The topological polar surface area (TPSA) is 69.6 Å². The number of nitrogens with one attached hydrogen (secondary N) is 1. The summed E-state index contributed by atoms with van der Waals surface area (Å²) in [5.41, 5.74) is 2.03. The molecule has 0 fully saturated rings. The van der Waals surface area contributed by atoms with Crippen LogP contribution in [0.3, 0.4) is 0 Å². The number of ether oxygens (including phenoxy) is 1. The van der Waals surface area contributed by atoms with E-state index in [1.165, 1.54) is 12.3 Å². The fourth-order valence-electron chi connectivity index (χ4n) is 2.49. The number of aromatic nitrogens is 1. The van der Waals surface area contributed by atoms with Crippen molar-refractivity contribution in [3.63, 3.8) is 0 Å². The molecule has 138 valence electrons. The number of hydrogen-bond donors (Lipinski definition) is 1. The molecule has 1 N–H and O–H groups in total. The first kappa shape index (κ1) is 18.3. The lowest BCUT2D eigenvalue weighted by Crippen LogP contribution is -2.32. The molecular formula is C21H20N2O4. The molecular weight excluding hydrogens is 344 g/mol. The maximum Gasteiger partial charge on any atom is 0.295 e. The molecule has 1 heterocycles. The summed E-state index contributed by atoms with van der Waals surface area (Å²) >= 11 is 0. The Morgan fingerprint density at radius 2 is 1.85 bits per heavy atom. The summed E-state index contributed by atoms with van der Waals surface area (Å²) < 4.78 is 6.23. The number of carbonyl (C=O) groups is 1. The highest BCUT2D eigenvalue weighted by Gasteiger charge is 2.13. The van der Waals surface area contributed by atoms with Crippen molar-refractivity contribution in [1.29, 1.82) is 0 Å². The van der Waals surface area contributed by atoms with Gasteiger partial charge in [0.2, 0.25) is 0 Å². The Morgan fingerprint density at radius 3 is 2.59 bits per heavy atom. The highest BCUT2D eigenvalue weighted by atomic mass is 16.7. The van der Waals surface area contributed by atoms with E-state index in [1.54, 1.807) is 25.3 Å². The molecule has 0 aliphatic rings. The van der Waals surface area contributed by atoms with Crippen molar-refractivity contribution in [1.82, 2.24) is 4.73 Å². The summed E-state index contributed by atoms with van der Waals surface area (Å²) in [6.45, 7) is 2.13. The van der Waals surface area contributed by atoms with E-state index < -0.39 is 11.5 Å². The van der Waals surface area contributed by atoms with Crippen LogP contribution < -0.4 is 20.5 Å². The Balaban J connectivity index is 1.73. The van der Waals surface area contributed by atoms with Crippen molar-refractivity contribution in [3.05, 3.63) is 93.9 Å². The standard InChI is InChI=1S/C21H20N2O4/c1-15-8-10-17(11-9-15)22-20(24)19-7-4-12-23(21(19)25)27-14-16-5-3-6-18(13-16)26-2/h3-13H,14H2,1-2H3,(H,22,24). The Morgan fingerprint density at radius 1 is 1.07 bits per heavy atom. The van der Waals surface area contributed by atoms with E-state index in [0.29, 0.717) is 11.4 Å². The van der Waals surface area contributed by atoms with Gasteiger partial charge in [-0.3, -0.25) is 9.59 Å². The van der Waals surface area contributed by atoms with Gasteiger partial charge in [-0.2, -0.15) is 4.73 Å². The number of pyridine rings is 1. The zero-order valence-electron chi connectivity index (χ0n) is 15.1. The van der Waals surface area contributed by atoms with E-state index in [0.717, 1.165) is 15.9 Å². The third kappa shape index (κ3) is 4.55. The highest BCUT2D eigenvalue weighted by Crippen LogP contribution is 2.13. The fourth-order valence-corrected chi connectivity index (χ4v) is 2.49. The second-order valence-corrected chi connectivity index (χ2v) is 6.00. The minimum atomic E-state index is -0.523. The number of nitrogens with zero attached hydrogens (tertiary/aromatic N) is 1. The maximum atomic E-state index is 12.6. The smallest absolute Gasteiger partial charge is 0.295 e. The number of hydrogen-bond acceptors (Lipinski definition) is 4. The van der Waals surface area contributed by atoms with E-state index in [4.69, 9.17) is 9.57 Å². The molecule has 0 atom stereocenters. The first-order valence-corrected chi connectivity index (χ1v) is 8.43. The second-order valence-electron chi connectivity index (χ2n) is 6.00. The van der Waals surface area contributed by atoms with Gasteiger partial charge in [-0.05, 0) is 48.9 Å². The van der Waals surface area contributed by atoms with Gasteiger partial charge in [0.15, 0.2) is 0 Å². The summed E-state index contributed by atoms with van der Waals surface area (Å²) in [5, 5.41) is 2.72. The molecule has 0 saturated carbocycles. The Bertz CT molecular complexity index is 994. The molecule has 3 aromatic rings. The largest absolute Gasteiger partial charge is 0.497 e. The number of amides is 1. The monoisotopic (exact) mass is 364 g/mol. The van der Waals surface area contributed by atoms with Gasteiger partial charge in [-0.1, -0.05) is 29.8 Å². The number of methoxy groups -OCH3 is 1. The summed E-state index contributed by atoms with van der Waals surface area (Å²) in [6.07, 6.45) is 1.48. The molecule has 1 aromatic heterocycles. The van der Waals surface area contributed by atoms with Gasteiger partial charge in [0.25, 0.3) is 11.5 Å². The van der Waals surface area contributed by atoms with Crippen molar-refractivity contribution < 1.29 is 14.4 Å². The molecule has 0 saturated heterocycles. The number of benzene rings is 2. The van der Waals surface area contributed by atoms with E-state index in [1.807, 2.05) is 43.3 Å². The number of anilines is 1. The number of carbonyl (C=O) groups excluding carboxylic acids is 1. The van der Waals surface area contributed by atoms with Crippen LogP contribution in [-0.2, 0) is 6.61 Å². The lowest BCUT2D eigenvalue weighted by Gasteiger charge is -2.11. The first-order valence-electron chi connectivity index (χ1n) is 8.43. The molecule has 2 aromatic carbocycles. The number of aryl methyl sites for hydroxylation is 1. The molecule has 0 unspecified atom stereocenters. The van der Waals surface area contributed by atoms with Crippen LogP contribution in [0, 0.1) is 6.92 Å². The third-order valence-corrected chi connectivity index (χ3v) is 3.97. The van der Waals surface area contributed by atoms with E-state index in [9.17, 15) is 9.59 Å². The van der Waals surface area contributed by atoms with E-state index in [-0.39, 0.29) is 12.2 Å². The van der Waals surface area contributed by atoms with Crippen LogP contribution in [-0.4, -0.2) is 17.7 Å². The van der Waals surface area contributed by atoms with E-state index >= 15 is 0 Å². The molecule has 27 heavy (non-hydrogen) atoms. The summed E-state index contributed by atoms with van der Waals surface area (Å²) in [5.74, 6) is 0.220. The van der Waals surface area contributed by atoms with Crippen LogP contribution in [0.5, 0.6) is 5.75 Å². The van der Waals surface area contributed by atoms with Crippen LogP contribution in [0.25, 0.3) is 0 Å². The van der Waals surface area contributed by atoms with Gasteiger partial charge in [-0.15, -0.1) is 0 Å². The van der Waals surface area contributed by atoms with Gasteiger partial charge in [0.1, 0.15) is 17.9 Å². The minimum Gasteiger partial charge on any atom is -0.497 e.